The van der Waals surface area contributed by atoms with E-state index in [0.717, 1.165) is 32.1 Å². The molecular formula is C10H16O2. The zero-order valence-electron chi connectivity index (χ0n) is 7.33. The fourth-order valence-electron chi connectivity index (χ4n) is 2.09. The lowest BCUT2D eigenvalue weighted by Gasteiger charge is -2.12. The third-order valence-electron chi connectivity index (χ3n) is 3.12. The maximum Gasteiger partial charge on any atom is 0.136 e. The fourth-order valence-corrected chi connectivity index (χ4v) is 2.09. The van der Waals surface area contributed by atoms with Crippen LogP contribution in [0.4, 0.5) is 0 Å². The van der Waals surface area contributed by atoms with Gasteiger partial charge in [0.05, 0.1) is 6.10 Å². The van der Waals surface area contributed by atoms with E-state index in [2.05, 4.69) is 0 Å². The molecule has 2 fully saturated rings. The highest BCUT2D eigenvalue weighted by Gasteiger charge is 2.34. The van der Waals surface area contributed by atoms with E-state index in [1.54, 1.807) is 0 Å². The van der Waals surface area contributed by atoms with Crippen molar-refractivity contribution in [1.29, 1.82) is 0 Å². The van der Waals surface area contributed by atoms with E-state index in [0.29, 0.717) is 18.1 Å². The van der Waals surface area contributed by atoms with Gasteiger partial charge in [-0.2, -0.15) is 0 Å². The van der Waals surface area contributed by atoms with Crippen molar-refractivity contribution in [2.75, 3.05) is 0 Å². The predicted octanol–water partition coefficient (Wildman–Crippen LogP) is 1.52. The minimum absolute atomic E-state index is 0.187. The van der Waals surface area contributed by atoms with Crippen LogP contribution in [0.5, 0.6) is 0 Å². The second-order valence-electron chi connectivity index (χ2n) is 4.20. The monoisotopic (exact) mass is 168 g/mol. The van der Waals surface area contributed by atoms with E-state index in [9.17, 15) is 9.90 Å². The molecule has 0 aromatic rings. The molecule has 0 saturated heterocycles. The summed E-state index contributed by atoms with van der Waals surface area (Å²) in [5, 5.41) is 9.49. The Morgan fingerprint density at radius 3 is 2.50 bits per heavy atom. The van der Waals surface area contributed by atoms with E-state index in [4.69, 9.17) is 0 Å². The van der Waals surface area contributed by atoms with Gasteiger partial charge < -0.3 is 5.11 Å². The number of carbonyl (C=O) groups is 1. The molecule has 0 aliphatic heterocycles. The summed E-state index contributed by atoms with van der Waals surface area (Å²) in [6.45, 7) is 0. The van der Waals surface area contributed by atoms with Gasteiger partial charge in [0.15, 0.2) is 0 Å². The lowest BCUT2D eigenvalue weighted by Crippen LogP contribution is -2.17. The number of aliphatic hydroxyl groups excluding tert-OH is 1. The molecule has 12 heavy (non-hydrogen) atoms. The molecule has 2 aliphatic carbocycles. The number of Topliss-reactive ketones (excluding diaryl/α,β-unsaturated/α-hetero) is 1. The van der Waals surface area contributed by atoms with E-state index >= 15 is 0 Å². The molecular weight excluding hydrogens is 152 g/mol. The van der Waals surface area contributed by atoms with Crippen molar-refractivity contribution < 1.29 is 9.90 Å². The molecule has 0 aromatic heterocycles. The van der Waals surface area contributed by atoms with Crippen molar-refractivity contribution >= 4 is 5.78 Å². The van der Waals surface area contributed by atoms with Crippen LogP contribution < -0.4 is 0 Å². The molecule has 68 valence electrons. The molecule has 0 radical (unpaired) electrons. The Hall–Kier alpha value is -0.370. The number of rotatable bonds is 3. The van der Waals surface area contributed by atoms with Crippen LogP contribution in [0.25, 0.3) is 0 Å². The van der Waals surface area contributed by atoms with Crippen LogP contribution in [0.15, 0.2) is 0 Å². The molecule has 0 heterocycles. The predicted molar refractivity (Wildman–Crippen MR) is 45.7 cm³/mol. The van der Waals surface area contributed by atoms with Crippen LogP contribution in [-0.2, 0) is 4.79 Å². The molecule has 2 atom stereocenters. The highest BCUT2D eigenvalue weighted by Crippen LogP contribution is 2.35. The van der Waals surface area contributed by atoms with Crippen molar-refractivity contribution in [3.05, 3.63) is 0 Å². The molecule has 2 saturated carbocycles. The van der Waals surface area contributed by atoms with Gasteiger partial charge in [0.1, 0.15) is 5.78 Å². The Balaban J connectivity index is 1.80. The Labute approximate surface area is 73.0 Å². The number of carbonyl (C=O) groups excluding carboxylic acids is 1. The van der Waals surface area contributed by atoms with E-state index in [1.165, 1.54) is 0 Å². The Morgan fingerprint density at radius 1 is 1.25 bits per heavy atom. The summed E-state index contributed by atoms with van der Waals surface area (Å²) in [4.78, 5) is 11.4. The summed E-state index contributed by atoms with van der Waals surface area (Å²) in [6, 6.07) is 0. The molecule has 2 heteroatoms. The minimum atomic E-state index is -0.187. The third kappa shape index (κ3) is 1.69. The van der Waals surface area contributed by atoms with Crippen LogP contribution >= 0.6 is 0 Å². The second-order valence-corrected chi connectivity index (χ2v) is 4.20. The normalized spacial score (nSPS) is 35.4. The number of aliphatic hydroxyl groups is 1. The molecule has 2 rings (SSSR count). The van der Waals surface area contributed by atoms with E-state index in [1.807, 2.05) is 0 Å². The smallest absolute Gasteiger partial charge is 0.136 e. The van der Waals surface area contributed by atoms with Crippen molar-refractivity contribution in [3.63, 3.8) is 0 Å². The zero-order valence-corrected chi connectivity index (χ0v) is 7.33. The lowest BCUT2D eigenvalue weighted by atomic mass is 9.97. The standard InChI is InChI=1S/C10H16O2/c11-9-3-1-2-8(9)6-10(12)7-4-5-7/h7-9,11H,1-6H2. The lowest BCUT2D eigenvalue weighted by molar-refractivity contribution is -0.121. The fraction of sp³-hybridized carbons (Fsp3) is 0.900. The summed E-state index contributed by atoms with van der Waals surface area (Å²) in [5.41, 5.74) is 0. The van der Waals surface area contributed by atoms with Gasteiger partial charge >= 0.3 is 0 Å². The summed E-state index contributed by atoms with van der Waals surface area (Å²) < 4.78 is 0. The average Bonchev–Trinajstić information content (AvgIpc) is 2.80. The van der Waals surface area contributed by atoms with Gasteiger partial charge in [0.2, 0.25) is 0 Å². The third-order valence-corrected chi connectivity index (χ3v) is 3.12. The first-order valence-corrected chi connectivity index (χ1v) is 4.98. The molecule has 2 nitrogen and oxygen atoms in total. The minimum Gasteiger partial charge on any atom is -0.393 e. The van der Waals surface area contributed by atoms with Gasteiger partial charge in [-0.05, 0) is 31.6 Å². The van der Waals surface area contributed by atoms with Gasteiger partial charge in [-0.15, -0.1) is 0 Å². The van der Waals surface area contributed by atoms with E-state index in [-0.39, 0.29) is 12.0 Å². The molecule has 1 N–H and O–H groups in total. The Bertz CT molecular complexity index is 184. The molecule has 0 spiro atoms. The molecule has 2 unspecified atom stereocenters. The number of ketones is 1. The first kappa shape index (κ1) is 8.24. The second kappa shape index (κ2) is 3.17. The van der Waals surface area contributed by atoms with Gasteiger partial charge in [0.25, 0.3) is 0 Å². The Morgan fingerprint density at radius 2 is 2.00 bits per heavy atom. The van der Waals surface area contributed by atoms with Crippen molar-refractivity contribution in [1.82, 2.24) is 0 Å². The van der Waals surface area contributed by atoms with Crippen LogP contribution in [0.1, 0.15) is 38.5 Å². The highest BCUT2D eigenvalue weighted by molar-refractivity contribution is 5.83. The topological polar surface area (TPSA) is 37.3 Å². The van der Waals surface area contributed by atoms with Crippen LogP contribution in [0.2, 0.25) is 0 Å². The van der Waals surface area contributed by atoms with Gasteiger partial charge in [-0.25, -0.2) is 0 Å². The van der Waals surface area contributed by atoms with Gasteiger partial charge in [-0.3, -0.25) is 4.79 Å². The van der Waals surface area contributed by atoms with Crippen molar-refractivity contribution in [3.8, 4) is 0 Å². The molecule has 2 aliphatic rings. The largest absolute Gasteiger partial charge is 0.393 e. The zero-order chi connectivity index (χ0) is 8.55. The Kier molecular flexibility index (Phi) is 2.18. The molecule has 0 bridgehead atoms. The summed E-state index contributed by atoms with van der Waals surface area (Å²) in [5.74, 6) is 1.07. The SMILES string of the molecule is O=C(CC1CCCC1O)C1CC1. The first-order chi connectivity index (χ1) is 5.77. The highest BCUT2D eigenvalue weighted by atomic mass is 16.3. The first-order valence-electron chi connectivity index (χ1n) is 4.98. The van der Waals surface area contributed by atoms with Gasteiger partial charge in [0, 0.05) is 12.3 Å². The number of hydrogen-bond donors (Lipinski definition) is 1. The van der Waals surface area contributed by atoms with Gasteiger partial charge in [-0.1, -0.05) is 6.42 Å². The van der Waals surface area contributed by atoms with Crippen LogP contribution in [-0.4, -0.2) is 17.0 Å². The maximum absolute atomic E-state index is 11.4. The quantitative estimate of drug-likeness (QED) is 0.693. The summed E-state index contributed by atoms with van der Waals surface area (Å²) in [6.07, 6.45) is 5.72. The van der Waals surface area contributed by atoms with Crippen molar-refractivity contribution in [2.24, 2.45) is 11.8 Å². The average molecular weight is 168 g/mol. The maximum atomic E-state index is 11.4. The molecule has 0 aromatic carbocycles. The summed E-state index contributed by atoms with van der Waals surface area (Å²) >= 11 is 0. The van der Waals surface area contributed by atoms with Crippen LogP contribution in [0.3, 0.4) is 0 Å². The van der Waals surface area contributed by atoms with Crippen LogP contribution in [0, 0.1) is 11.8 Å². The summed E-state index contributed by atoms with van der Waals surface area (Å²) in [7, 11) is 0. The molecule has 0 amide bonds. The van der Waals surface area contributed by atoms with E-state index < -0.39 is 0 Å². The number of hydrogen-bond acceptors (Lipinski definition) is 2. The van der Waals surface area contributed by atoms with Crippen molar-refractivity contribution in [2.45, 2.75) is 44.6 Å².